The van der Waals surface area contributed by atoms with Crippen LogP contribution in [0.1, 0.15) is 43.8 Å². The van der Waals surface area contributed by atoms with Gasteiger partial charge in [-0.3, -0.25) is 0 Å². The average Bonchev–Trinajstić information content (AvgIpc) is 3.31. The van der Waals surface area contributed by atoms with Crippen LogP contribution in [0.4, 0.5) is 11.6 Å². The second-order valence-corrected chi connectivity index (χ2v) is 6.97. The first-order valence-electron chi connectivity index (χ1n) is 8.30. The second-order valence-electron chi connectivity index (χ2n) is 6.97. The molecule has 3 aliphatic rings. The smallest absolute Gasteiger partial charge is 0.136 e. The molecule has 1 aromatic rings. The zero-order valence-corrected chi connectivity index (χ0v) is 12.8. The molecule has 0 amide bonds. The van der Waals surface area contributed by atoms with Crippen molar-refractivity contribution in [2.45, 2.75) is 44.1 Å². The number of aromatic nitrogens is 2. The second kappa shape index (κ2) is 5.13. The third-order valence-electron chi connectivity index (χ3n) is 5.36. The number of fused-ring (bicyclic) bond motifs is 1. The number of hydrogen-bond acceptors (Lipinski definition) is 5. The van der Waals surface area contributed by atoms with Gasteiger partial charge in [0.2, 0.25) is 0 Å². The fourth-order valence-corrected chi connectivity index (χ4v) is 4.02. The summed E-state index contributed by atoms with van der Waals surface area (Å²) in [6.07, 6.45) is 6.35. The fraction of sp³-hybridized carbons (Fsp3) is 0.750. The normalized spacial score (nSPS) is 30.2. The molecule has 21 heavy (non-hydrogen) atoms. The molecular weight excluding hydrogens is 262 g/mol. The van der Waals surface area contributed by atoms with Gasteiger partial charge in [-0.25, -0.2) is 9.97 Å². The molecule has 1 saturated carbocycles. The molecule has 5 heteroatoms. The topological polar surface area (TPSA) is 58.3 Å². The SMILES string of the molecule is CN1CCCC2CN(c3cc(N)nc(C4CC4)n3)CCC21. The molecule has 3 heterocycles. The summed E-state index contributed by atoms with van der Waals surface area (Å²) in [6.45, 7) is 3.47. The van der Waals surface area contributed by atoms with Crippen molar-refractivity contribution >= 4 is 11.6 Å². The summed E-state index contributed by atoms with van der Waals surface area (Å²) in [5.41, 5.74) is 6.00. The molecule has 0 bridgehead atoms. The van der Waals surface area contributed by atoms with E-state index in [1.807, 2.05) is 6.07 Å². The van der Waals surface area contributed by atoms with Crippen LogP contribution in [0.2, 0.25) is 0 Å². The van der Waals surface area contributed by atoms with Crippen LogP contribution in [0.25, 0.3) is 0 Å². The summed E-state index contributed by atoms with van der Waals surface area (Å²) >= 11 is 0. The van der Waals surface area contributed by atoms with Gasteiger partial charge in [0.15, 0.2) is 0 Å². The molecule has 1 aliphatic carbocycles. The van der Waals surface area contributed by atoms with Crippen LogP contribution in [0.15, 0.2) is 6.07 Å². The first-order valence-corrected chi connectivity index (χ1v) is 8.30. The van der Waals surface area contributed by atoms with Crippen molar-refractivity contribution in [1.29, 1.82) is 0 Å². The number of hydrogen-bond donors (Lipinski definition) is 1. The van der Waals surface area contributed by atoms with E-state index in [1.165, 1.54) is 38.6 Å². The quantitative estimate of drug-likeness (QED) is 0.899. The highest BCUT2D eigenvalue weighted by molar-refractivity contribution is 5.48. The van der Waals surface area contributed by atoms with Crippen molar-refractivity contribution in [3.63, 3.8) is 0 Å². The highest BCUT2D eigenvalue weighted by atomic mass is 15.2. The molecule has 5 nitrogen and oxygen atoms in total. The summed E-state index contributed by atoms with van der Waals surface area (Å²) < 4.78 is 0. The molecule has 0 radical (unpaired) electrons. The lowest BCUT2D eigenvalue weighted by Gasteiger charge is -2.46. The van der Waals surface area contributed by atoms with E-state index in [-0.39, 0.29) is 0 Å². The Hall–Kier alpha value is -1.36. The van der Waals surface area contributed by atoms with Gasteiger partial charge in [-0.15, -0.1) is 0 Å². The van der Waals surface area contributed by atoms with Gasteiger partial charge in [0.25, 0.3) is 0 Å². The van der Waals surface area contributed by atoms with E-state index in [2.05, 4.69) is 21.8 Å². The lowest BCUT2D eigenvalue weighted by molar-refractivity contribution is 0.102. The molecular formula is C16H25N5. The molecule has 114 valence electrons. The Balaban J connectivity index is 1.54. The molecule has 1 aromatic heterocycles. The molecule has 2 aliphatic heterocycles. The van der Waals surface area contributed by atoms with Gasteiger partial charge in [0.1, 0.15) is 17.5 Å². The first-order chi connectivity index (χ1) is 10.2. The molecule has 3 fully saturated rings. The minimum Gasteiger partial charge on any atom is -0.384 e. The predicted molar refractivity (Wildman–Crippen MR) is 84.4 cm³/mol. The fourth-order valence-electron chi connectivity index (χ4n) is 4.02. The van der Waals surface area contributed by atoms with E-state index in [0.717, 1.165) is 36.7 Å². The number of piperidine rings is 2. The summed E-state index contributed by atoms with van der Waals surface area (Å²) in [5.74, 6) is 3.98. The minimum atomic E-state index is 0.561. The lowest BCUT2D eigenvalue weighted by atomic mass is 9.84. The van der Waals surface area contributed by atoms with E-state index >= 15 is 0 Å². The molecule has 2 saturated heterocycles. The predicted octanol–water partition coefficient (Wildman–Crippen LogP) is 1.86. The van der Waals surface area contributed by atoms with Crippen molar-refractivity contribution in [2.75, 3.05) is 37.3 Å². The first kappa shape index (κ1) is 13.3. The number of nitrogens with two attached hydrogens (primary N) is 1. The molecule has 2 N–H and O–H groups in total. The van der Waals surface area contributed by atoms with E-state index in [1.54, 1.807) is 0 Å². The highest BCUT2D eigenvalue weighted by Gasteiger charge is 2.35. The van der Waals surface area contributed by atoms with Crippen LogP contribution in [-0.4, -0.2) is 47.6 Å². The Morgan fingerprint density at radius 2 is 2.00 bits per heavy atom. The maximum atomic E-state index is 6.00. The average molecular weight is 287 g/mol. The van der Waals surface area contributed by atoms with Crippen LogP contribution in [0, 0.1) is 5.92 Å². The number of nitrogens with zero attached hydrogens (tertiary/aromatic N) is 4. The van der Waals surface area contributed by atoms with Crippen molar-refractivity contribution in [3.8, 4) is 0 Å². The lowest BCUT2D eigenvalue weighted by Crippen LogP contribution is -2.53. The molecule has 0 aromatic carbocycles. The molecule has 4 rings (SSSR count). The van der Waals surface area contributed by atoms with Gasteiger partial charge < -0.3 is 15.5 Å². The van der Waals surface area contributed by atoms with E-state index in [4.69, 9.17) is 10.7 Å². The van der Waals surface area contributed by atoms with Crippen LogP contribution < -0.4 is 10.6 Å². The maximum absolute atomic E-state index is 6.00. The van der Waals surface area contributed by atoms with Crippen molar-refractivity contribution in [1.82, 2.24) is 14.9 Å². The van der Waals surface area contributed by atoms with Gasteiger partial charge in [0, 0.05) is 31.1 Å². The molecule has 2 unspecified atom stereocenters. The zero-order chi connectivity index (χ0) is 14.4. The van der Waals surface area contributed by atoms with Crippen LogP contribution >= 0.6 is 0 Å². The van der Waals surface area contributed by atoms with E-state index in [9.17, 15) is 0 Å². The van der Waals surface area contributed by atoms with Crippen LogP contribution in [0.3, 0.4) is 0 Å². The third-order valence-corrected chi connectivity index (χ3v) is 5.36. The van der Waals surface area contributed by atoms with Gasteiger partial charge in [-0.05, 0) is 51.6 Å². The van der Waals surface area contributed by atoms with Gasteiger partial charge in [0.05, 0.1) is 0 Å². The van der Waals surface area contributed by atoms with Crippen molar-refractivity contribution in [2.24, 2.45) is 5.92 Å². The van der Waals surface area contributed by atoms with E-state index in [0.29, 0.717) is 11.7 Å². The zero-order valence-electron chi connectivity index (χ0n) is 12.8. The Bertz CT molecular complexity index is 527. The van der Waals surface area contributed by atoms with Crippen molar-refractivity contribution < 1.29 is 0 Å². The van der Waals surface area contributed by atoms with Gasteiger partial charge >= 0.3 is 0 Å². The van der Waals surface area contributed by atoms with Gasteiger partial charge in [-0.2, -0.15) is 0 Å². The Kier molecular flexibility index (Phi) is 3.25. The number of nitrogen functional groups attached to an aromatic ring is 1. The number of anilines is 2. The summed E-state index contributed by atoms with van der Waals surface area (Å²) in [7, 11) is 2.28. The Labute approximate surface area is 126 Å². The Morgan fingerprint density at radius 1 is 1.14 bits per heavy atom. The van der Waals surface area contributed by atoms with Crippen LogP contribution in [0.5, 0.6) is 0 Å². The third kappa shape index (κ3) is 2.59. The number of likely N-dealkylation sites (tertiary alicyclic amines) is 1. The van der Waals surface area contributed by atoms with Crippen molar-refractivity contribution in [3.05, 3.63) is 11.9 Å². The minimum absolute atomic E-state index is 0.561. The number of rotatable bonds is 2. The highest BCUT2D eigenvalue weighted by Crippen LogP contribution is 2.39. The summed E-state index contributed by atoms with van der Waals surface area (Å²) in [6, 6.07) is 2.72. The molecule has 0 spiro atoms. The summed E-state index contributed by atoms with van der Waals surface area (Å²) in [4.78, 5) is 14.2. The maximum Gasteiger partial charge on any atom is 0.136 e. The van der Waals surface area contributed by atoms with Crippen LogP contribution in [-0.2, 0) is 0 Å². The largest absolute Gasteiger partial charge is 0.384 e. The Morgan fingerprint density at radius 3 is 2.81 bits per heavy atom. The van der Waals surface area contributed by atoms with E-state index < -0.39 is 0 Å². The summed E-state index contributed by atoms with van der Waals surface area (Å²) in [5, 5.41) is 0. The van der Waals surface area contributed by atoms with Gasteiger partial charge in [-0.1, -0.05) is 0 Å². The molecule has 2 atom stereocenters. The monoisotopic (exact) mass is 287 g/mol. The standard InChI is InChI=1S/C16H25N5/c1-20-7-2-3-12-10-21(8-6-13(12)20)15-9-14(17)18-16(19-15)11-4-5-11/h9,11-13H,2-8,10H2,1H3,(H2,17,18,19).